The minimum absolute atomic E-state index is 0.0671. The Morgan fingerprint density at radius 2 is 2.13 bits per heavy atom. The summed E-state index contributed by atoms with van der Waals surface area (Å²) in [6.07, 6.45) is 1.64. The summed E-state index contributed by atoms with van der Waals surface area (Å²) in [5, 5.41) is 14.0. The molecule has 0 saturated heterocycles. The standard InChI is InChI=1S/C16H25N3O3S/c1-4-19(10-15(20)21)13-7-12(8-13)17-16(22)18(3)9-14-11(2)5-6-23-14/h5-6,12-13H,4,7-10H2,1-3H3,(H,17,22)(H,20,21). The Labute approximate surface area is 141 Å². The van der Waals surface area contributed by atoms with Gasteiger partial charge < -0.3 is 15.3 Å². The third-order valence-electron chi connectivity index (χ3n) is 4.40. The Bertz CT molecular complexity index is 555. The van der Waals surface area contributed by atoms with Crippen LogP contribution in [0.15, 0.2) is 11.4 Å². The van der Waals surface area contributed by atoms with E-state index in [0.717, 1.165) is 19.4 Å². The third-order valence-corrected chi connectivity index (χ3v) is 5.41. The number of amides is 2. The van der Waals surface area contributed by atoms with Crippen LogP contribution in [0.5, 0.6) is 0 Å². The second-order valence-corrected chi connectivity index (χ2v) is 7.11. The van der Waals surface area contributed by atoms with Crippen molar-refractivity contribution in [1.29, 1.82) is 0 Å². The zero-order valence-corrected chi connectivity index (χ0v) is 14.7. The molecular formula is C16H25N3O3S. The second-order valence-electron chi connectivity index (χ2n) is 6.11. The number of hydrogen-bond acceptors (Lipinski definition) is 4. The third kappa shape index (κ3) is 4.68. The Morgan fingerprint density at radius 1 is 1.43 bits per heavy atom. The highest BCUT2D eigenvalue weighted by Gasteiger charge is 2.35. The van der Waals surface area contributed by atoms with Crippen LogP contribution < -0.4 is 5.32 Å². The van der Waals surface area contributed by atoms with Crippen molar-refractivity contribution in [2.24, 2.45) is 0 Å². The zero-order chi connectivity index (χ0) is 17.0. The van der Waals surface area contributed by atoms with E-state index in [0.29, 0.717) is 6.54 Å². The molecular weight excluding hydrogens is 314 g/mol. The van der Waals surface area contributed by atoms with E-state index < -0.39 is 5.97 Å². The van der Waals surface area contributed by atoms with Gasteiger partial charge in [-0.2, -0.15) is 0 Å². The monoisotopic (exact) mass is 339 g/mol. The molecule has 1 aromatic rings. The van der Waals surface area contributed by atoms with Gasteiger partial charge in [0.15, 0.2) is 0 Å². The van der Waals surface area contributed by atoms with E-state index in [1.54, 1.807) is 23.3 Å². The molecule has 0 aromatic carbocycles. The van der Waals surface area contributed by atoms with Crippen LogP contribution >= 0.6 is 11.3 Å². The molecule has 23 heavy (non-hydrogen) atoms. The van der Waals surface area contributed by atoms with E-state index in [1.165, 1.54) is 10.4 Å². The van der Waals surface area contributed by atoms with Gasteiger partial charge in [0.1, 0.15) is 0 Å². The maximum atomic E-state index is 12.2. The van der Waals surface area contributed by atoms with E-state index in [9.17, 15) is 9.59 Å². The number of urea groups is 1. The summed E-state index contributed by atoms with van der Waals surface area (Å²) < 4.78 is 0. The van der Waals surface area contributed by atoms with Crippen LogP contribution in [0.25, 0.3) is 0 Å². The summed E-state index contributed by atoms with van der Waals surface area (Å²) >= 11 is 1.66. The number of thiophene rings is 1. The highest BCUT2D eigenvalue weighted by atomic mass is 32.1. The molecule has 1 aliphatic carbocycles. The van der Waals surface area contributed by atoms with Gasteiger partial charge in [0.2, 0.25) is 0 Å². The molecule has 128 valence electrons. The SMILES string of the molecule is CCN(CC(=O)O)C1CC(NC(=O)N(C)Cc2sccc2C)C1. The number of carbonyl (C=O) groups excluding carboxylic acids is 1. The number of nitrogens with zero attached hydrogens (tertiary/aromatic N) is 2. The zero-order valence-electron chi connectivity index (χ0n) is 13.9. The summed E-state index contributed by atoms with van der Waals surface area (Å²) in [6, 6.07) is 2.39. The number of carbonyl (C=O) groups is 2. The summed E-state index contributed by atoms with van der Waals surface area (Å²) in [5.41, 5.74) is 1.21. The summed E-state index contributed by atoms with van der Waals surface area (Å²) in [6.45, 7) is 5.42. The molecule has 1 heterocycles. The van der Waals surface area contributed by atoms with Crippen molar-refractivity contribution >= 4 is 23.3 Å². The lowest BCUT2D eigenvalue weighted by Gasteiger charge is -2.42. The minimum atomic E-state index is -0.801. The Kier molecular flexibility index (Phi) is 6.01. The van der Waals surface area contributed by atoms with Crippen molar-refractivity contribution in [1.82, 2.24) is 15.1 Å². The van der Waals surface area contributed by atoms with Crippen molar-refractivity contribution in [3.05, 3.63) is 21.9 Å². The molecule has 0 atom stereocenters. The molecule has 0 unspecified atom stereocenters. The summed E-state index contributed by atoms with van der Waals surface area (Å²) in [4.78, 5) is 27.9. The van der Waals surface area contributed by atoms with Crippen molar-refractivity contribution in [3.63, 3.8) is 0 Å². The molecule has 1 fully saturated rings. The molecule has 7 heteroatoms. The lowest BCUT2D eigenvalue weighted by Crippen LogP contribution is -2.56. The topological polar surface area (TPSA) is 72.9 Å². The predicted molar refractivity (Wildman–Crippen MR) is 90.7 cm³/mol. The van der Waals surface area contributed by atoms with E-state index >= 15 is 0 Å². The Hall–Kier alpha value is -1.60. The first kappa shape index (κ1) is 17.7. The highest BCUT2D eigenvalue weighted by Crippen LogP contribution is 2.26. The molecule has 0 spiro atoms. The first-order valence-corrected chi connectivity index (χ1v) is 8.79. The van der Waals surface area contributed by atoms with Gasteiger partial charge in [-0.3, -0.25) is 9.69 Å². The first-order chi connectivity index (χ1) is 10.9. The molecule has 6 nitrogen and oxygen atoms in total. The molecule has 2 amide bonds. The van der Waals surface area contributed by atoms with Gasteiger partial charge in [0.25, 0.3) is 0 Å². The lowest BCUT2D eigenvalue weighted by atomic mass is 9.85. The number of carboxylic acids is 1. The number of aliphatic carboxylic acids is 1. The van der Waals surface area contributed by atoms with Crippen LogP contribution in [0.3, 0.4) is 0 Å². The van der Waals surface area contributed by atoms with Crippen molar-refractivity contribution < 1.29 is 14.7 Å². The van der Waals surface area contributed by atoms with Crippen molar-refractivity contribution in [2.45, 2.75) is 45.3 Å². The molecule has 1 saturated carbocycles. The smallest absolute Gasteiger partial charge is 0.317 e. The second kappa shape index (κ2) is 7.79. The fraction of sp³-hybridized carbons (Fsp3) is 0.625. The van der Waals surface area contributed by atoms with Crippen LogP contribution in [0.4, 0.5) is 4.79 Å². The van der Waals surface area contributed by atoms with E-state index in [4.69, 9.17) is 5.11 Å². The van der Waals surface area contributed by atoms with Crippen molar-refractivity contribution in [3.8, 4) is 0 Å². The van der Waals surface area contributed by atoms with Crippen LogP contribution in [0, 0.1) is 6.92 Å². The van der Waals surface area contributed by atoms with E-state index in [1.807, 2.05) is 17.2 Å². The van der Waals surface area contributed by atoms with Gasteiger partial charge in [-0.05, 0) is 43.3 Å². The van der Waals surface area contributed by atoms with Gasteiger partial charge in [0, 0.05) is 24.0 Å². The van der Waals surface area contributed by atoms with E-state index in [-0.39, 0.29) is 24.7 Å². The normalized spacial score (nSPS) is 20.2. The fourth-order valence-corrected chi connectivity index (χ4v) is 3.77. The molecule has 0 bridgehead atoms. The van der Waals surface area contributed by atoms with Gasteiger partial charge >= 0.3 is 12.0 Å². The van der Waals surface area contributed by atoms with E-state index in [2.05, 4.69) is 18.3 Å². The van der Waals surface area contributed by atoms with Crippen LogP contribution in [0.1, 0.15) is 30.2 Å². The molecule has 2 N–H and O–H groups in total. The van der Waals surface area contributed by atoms with Gasteiger partial charge in [0.05, 0.1) is 13.1 Å². The highest BCUT2D eigenvalue weighted by molar-refractivity contribution is 7.10. The molecule has 0 aliphatic heterocycles. The van der Waals surface area contributed by atoms with Crippen LogP contribution in [-0.2, 0) is 11.3 Å². The Balaban J connectivity index is 1.75. The van der Waals surface area contributed by atoms with Gasteiger partial charge in [-0.25, -0.2) is 4.79 Å². The fourth-order valence-electron chi connectivity index (χ4n) is 2.81. The minimum Gasteiger partial charge on any atom is -0.480 e. The summed E-state index contributed by atoms with van der Waals surface area (Å²) in [7, 11) is 1.80. The quantitative estimate of drug-likeness (QED) is 0.798. The number of nitrogens with one attached hydrogen (secondary N) is 1. The maximum Gasteiger partial charge on any atom is 0.317 e. The number of hydrogen-bond donors (Lipinski definition) is 2. The molecule has 0 radical (unpaired) electrons. The molecule has 1 aromatic heterocycles. The largest absolute Gasteiger partial charge is 0.480 e. The average Bonchev–Trinajstić information content (AvgIpc) is 2.85. The predicted octanol–water partition coefficient (Wildman–Crippen LogP) is 2.14. The Morgan fingerprint density at radius 3 is 2.65 bits per heavy atom. The molecule has 1 aliphatic rings. The van der Waals surface area contributed by atoms with Crippen LogP contribution in [0.2, 0.25) is 0 Å². The number of rotatable bonds is 7. The number of carboxylic acid groups (broad SMARTS) is 1. The van der Waals surface area contributed by atoms with Crippen molar-refractivity contribution in [2.75, 3.05) is 20.1 Å². The summed E-state index contributed by atoms with van der Waals surface area (Å²) in [5.74, 6) is -0.801. The lowest BCUT2D eigenvalue weighted by molar-refractivity contribution is -0.139. The molecule has 2 rings (SSSR count). The van der Waals surface area contributed by atoms with Gasteiger partial charge in [-0.1, -0.05) is 6.92 Å². The average molecular weight is 339 g/mol. The first-order valence-electron chi connectivity index (χ1n) is 7.91. The van der Waals surface area contributed by atoms with Gasteiger partial charge in [-0.15, -0.1) is 11.3 Å². The number of likely N-dealkylation sites (N-methyl/N-ethyl adjacent to an activating group) is 1. The van der Waals surface area contributed by atoms with Crippen LogP contribution in [-0.4, -0.2) is 59.1 Å². The maximum absolute atomic E-state index is 12.2. The number of aryl methyl sites for hydroxylation is 1.